The van der Waals surface area contributed by atoms with Crippen molar-refractivity contribution in [2.45, 2.75) is 12.0 Å². The zero-order valence-electron chi connectivity index (χ0n) is 13.7. The van der Waals surface area contributed by atoms with Gasteiger partial charge in [-0.3, -0.25) is 4.79 Å². The van der Waals surface area contributed by atoms with E-state index < -0.39 is 5.41 Å². The molecule has 0 saturated heterocycles. The molecule has 2 nitrogen and oxygen atoms in total. The number of benzene rings is 3. The van der Waals surface area contributed by atoms with Crippen molar-refractivity contribution in [3.63, 3.8) is 0 Å². The summed E-state index contributed by atoms with van der Waals surface area (Å²) < 4.78 is 0.718. The highest BCUT2D eigenvalue weighted by atomic mass is 127. The number of amides is 1. The van der Waals surface area contributed by atoms with Gasteiger partial charge in [-0.25, -0.2) is 0 Å². The Morgan fingerprint density at radius 2 is 1.40 bits per heavy atom. The summed E-state index contributed by atoms with van der Waals surface area (Å²) in [5.74, 6) is 0.165. The van der Waals surface area contributed by atoms with Gasteiger partial charge in [0.2, 0.25) is 5.91 Å². The second-order valence-corrected chi connectivity index (χ2v) is 7.06. The number of alkyl halides is 1. The summed E-state index contributed by atoms with van der Waals surface area (Å²) in [7, 11) is 0. The Kier molecular flexibility index (Phi) is 4.34. The van der Waals surface area contributed by atoms with Crippen LogP contribution in [0.3, 0.4) is 0 Å². The van der Waals surface area contributed by atoms with Gasteiger partial charge in [-0.05, 0) is 22.8 Å². The lowest BCUT2D eigenvalue weighted by atomic mass is 9.77. The predicted molar refractivity (Wildman–Crippen MR) is 110 cm³/mol. The summed E-state index contributed by atoms with van der Waals surface area (Å²) >= 11 is 2.35. The number of hydrogen-bond acceptors (Lipinski definition) is 1. The van der Waals surface area contributed by atoms with Gasteiger partial charge >= 0.3 is 0 Å². The molecule has 124 valence electrons. The van der Waals surface area contributed by atoms with Crippen molar-refractivity contribution in [1.82, 2.24) is 0 Å². The third-order valence-electron chi connectivity index (χ3n) is 4.92. The highest BCUT2D eigenvalue weighted by Crippen LogP contribution is 2.47. The highest BCUT2D eigenvalue weighted by Gasteiger charge is 2.51. The number of carbonyl (C=O) groups excluding carboxylic acids is 1. The molecule has 4 rings (SSSR count). The number of halogens is 1. The van der Waals surface area contributed by atoms with Gasteiger partial charge in [0.25, 0.3) is 0 Å². The summed E-state index contributed by atoms with van der Waals surface area (Å²) in [6.07, 6.45) is 0. The fourth-order valence-corrected chi connectivity index (χ4v) is 4.83. The first-order valence-corrected chi connectivity index (χ1v) is 9.87. The molecule has 1 amide bonds. The molecule has 3 aromatic carbocycles. The average molecular weight is 439 g/mol. The number of rotatable bonds is 4. The molecule has 0 spiro atoms. The summed E-state index contributed by atoms with van der Waals surface area (Å²) in [6.45, 7) is 0.599. The Hall–Kier alpha value is -2.14. The number of nitrogens with zero attached hydrogens (tertiary/aromatic N) is 1. The van der Waals surface area contributed by atoms with Crippen LogP contribution in [-0.4, -0.2) is 10.3 Å². The number of hydrogen-bond donors (Lipinski definition) is 0. The fraction of sp³-hybridized carbons (Fsp3) is 0.136. The molecule has 0 fully saturated rings. The third-order valence-corrected chi connectivity index (χ3v) is 6.06. The summed E-state index contributed by atoms with van der Waals surface area (Å²) in [4.78, 5) is 15.6. The van der Waals surface area contributed by atoms with Gasteiger partial charge in [0, 0.05) is 10.1 Å². The molecule has 0 aromatic heterocycles. The zero-order chi connectivity index (χ0) is 17.3. The SMILES string of the molecule is O=C1N(Cc2ccccc2)c2ccccc2C1(CI)c1ccccc1. The standard InChI is InChI=1S/C22H18INO/c23-16-22(18-11-5-2-6-12-18)19-13-7-8-14-20(19)24(21(22)25)15-17-9-3-1-4-10-17/h1-14H,15-16H2. The van der Waals surface area contributed by atoms with Gasteiger partial charge < -0.3 is 4.90 Å². The second-order valence-electron chi connectivity index (χ2n) is 6.30. The van der Waals surface area contributed by atoms with E-state index in [-0.39, 0.29) is 5.91 Å². The second kappa shape index (κ2) is 6.64. The first-order valence-electron chi connectivity index (χ1n) is 8.34. The largest absolute Gasteiger partial charge is 0.307 e. The molecule has 0 bridgehead atoms. The lowest BCUT2D eigenvalue weighted by Crippen LogP contribution is -2.42. The Morgan fingerprint density at radius 3 is 2.08 bits per heavy atom. The monoisotopic (exact) mass is 439 g/mol. The van der Waals surface area contributed by atoms with Gasteiger partial charge in [0.15, 0.2) is 0 Å². The molecule has 1 atom stereocenters. The van der Waals surface area contributed by atoms with Crippen LogP contribution in [0.4, 0.5) is 5.69 Å². The van der Waals surface area contributed by atoms with Gasteiger partial charge in [0.05, 0.1) is 6.54 Å². The minimum atomic E-state index is -0.604. The number of anilines is 1. The molecule has 1 aliphatic rings. The average Bonchev–Trinajstić information content (AvgIpc) is 2.92. The van der Waals surface area contributed by atoms with Gasteiger partial charge in [-0.15, -0.1) is 0 Å². The van der Waals surface area contributed by atoms with E-state index in [1.165, 1.54) is 0 Å². The Balaban J connectivity index is 1.86. The minimum absolute atomic E-state index is 0.165. The van der Waals surface area contributed by atoms with Crippen LogP contribution in [0.5, 0.6) is 0 Å². The first-order chi connectivity index (χ1) is 12.3. The summed E-state index contributed by atoms with van der Waals surface area (Å²) in [6, 6.07) is 28.5. The quantitative estimate of drug-likeness (QED) is 0.416. The van der Waals surface area contributed by atoms with E-state index in [2.05, 4.69) is 59.0 Å². The van der Waals surface area contributed by atoms with E-state index in [1.54, 1.807) is 0 Å². The van der Waals surface area contributed by atoms with Crippen LogP contribution >= 0.6 is 22.6 Å². The minimum Gasteiger partial charge on any atom is -0.307 e. The van der Waals surface area contributed by atoms with Crippen LogP contribution < -0.4 is 4.90 Å². The lowest BCUT2D eigenvalue weighted by molar-refractivity contribution is -0.121. The van der Waals surface area contributed by atoms with Crippen molar-refractivity contribution in [3.8, 4) is 0 Å². The van der Waals surface area contributed by atoms with Gasteiger partial charge in [-0.1, -0.05) is 101 Å². The molecule has 3 heteroatoms. The topological polar surface area (TPSA) is 20.3 Å². The van der Waals surface area contributed by atoms with Crippen molar-refractivity contribution in [2.75, 3.05) is 9.33 Å². The number of carbonyl (C=O) groups is 1. The van der Waals surface area contributed by atoms with Crippen LogP contribution in [0.1, 0.15) is 16.7 Å². The molecular formula is C22H18INO. The van der Waals surface area contributed by atoms with E-state index in [1.807, 2.05) is 53.4 Å². The van der Waals surface area contributed by atoms with Crippen molar-refractivity contribution in [2.24, 2.45) is 0 Å². The van der Waals surface area contributed by atoms with Crippen LogP contribution in [0.15, 0.2) is 84.9 Å². The molecule has 0 radical (unpaired) electrons. The summed E-state index contributed by atoms with van der Waals surface area (Å²) in [5, 5.41) is 0. The van der Waals surface area contributed by atoms with Crippen molar-refractivity contribution in [1.29, 1.82) is 0 Å². The smallest absolute Gasteiger partial charge is 0.243 e. The fourth-order valence-electron chi connectivity index (χ4n) is 3.66. The molecule has 0 N–H and O–H groups in total. The van der Waals surface area contributed by atoms with E-state index in [0.717, 1.165) is 26.8 Å². The maximum atomic E-state index is 13.6. The van der Waals surface area contributed by atoms with Crippen LogP contribution in [0, 0.1) is 0 Å². The van der Waals surface area contributed by atoms with Crippen LogP contribution in [-0.2, 0) is 16.8 Å². The summed E-state index contributed by atoms with van der Waals surface area (Å²) in [5.41, 5.74) is 3.74. The lowest BCUT2D eigenvalue weighted by Gasteiger charge is -2.27. The Bertz CT molecular complexity index is 894. The highest BCUT2D eigenvalue weighted by molar-refractivity contribution is 14.1. The maximum Gasteiger partial charge on any atom is 0.243 e. The van der Waals surface area contributed by atoms with E-state index in [4.69, 9.17) is 0 Å². The molecule has 1 heterocycles. The zero-order valence-corrected chi connectivity index (χ0v) is 15.9. The molecule has 3 aromatic rings. The van der Waals surface area contributed by atoms with E-state index in [0.29, 0.717) is 6.54 Å². The molecular weight excluding hydrogens is 421 g/mol. The maximum absolute atomic E-state index is 13.6. The molecule has 1 aliphatic heterocycles. The van der Waals surface area contributed by atoms with Gasteiger partial charge in [0.1, 0.15) is 5.41 Å². The van der Waals surface area contributed by atoms with Crippen molar-refractivity contribution < 1.29 is 4.79 Å². The van der Waals surface area contributed by atoms with Gasteiger partial charge in [-0.2, -0.15) is 0 Å². The third kappa shape index (κ3) is 2.58. The van der Waals surface area contributed by atoms with Crippen molar-refractivity contribution >= 4 is 34.2 Å². The van der Waals surface area contributed by atoms with Crippen molar-refractivity contribution in [3.05, 3.63) is 102 Å². The Labute approximate surface area is 161 Å². The number of para-hydroxylation sites is 1. The van der Waals surface area contributed by atoms with Crippen LogP contribution in [0.25, 0.3) is 0 Å². The first kappa shape index (κ1) is 16.3. The molecule has 0 aliphatic carbocycles. The molecule has 0 saturated carbocycles. The normalized spacial score (nSPS) is 19.1. The van der Waals surface area contributed by atoms with E-state index in [9.17, 15) is 4.79 Å². The Morgan fingerprint density at radius 1 is 0.800 bits per heavy atom. The molecule has 25 heavy (non-hydrogen) atoms. The predicted octanol–water partition coefficient (Wildman–Crippen LogP) is 4.95. The van der Waals surface area contributed by atoms with Crippen LogP contribution in [0.2, 0.25) is 0 Å². The van der Waals surface area contributed by atoms with E-state index >= 15 is 0 Å². The number of fused-ring (bicyclic) bond motifs is 1. The molecule has 1 unspecified atom stereocenters.